The van der Waals surface area contributed by atoms with Crippen molar-refractivity contribution in [1.29, 1.82) is 0 Å². The fourth-order valence-corrected chi connectivity index (χ4v) is 2.01. The summed E-state index contributed by atoms with van der Waals surface area (Å²) in [6.45, 7) is 3.78. The third-order valence-electron chi connectivity index (χ3n) is 2.65. The van der Waals surface area contributed by atoms with Gasteiger partial charge in [0, 0.05) is 38.3 Å². The molecule has 0 amide bonds. The molecule has 1 rings (SSSR count). The summed E-state index contributed by atoms with van der Waals surface area (Å²) in [6.07, 6.45) is 0. The summed E-state index contributed by atoms with van der Waals surface area (Å²) in [5.41, 5.74) is 1.06. The Morgan fingerprint density at radius 1 is 1.17 bits per heavy atom. The molecule has 0 fully saturated rings. The van der Waals surface area contributed by atoms with Crippen molar-refractivity contribution in [2.75, 3.05) is 40.5 Å². The number of hydrogen-bond acceptors (Lipinski definition) is 4. The van der Waals surface area contributed by atoms with Crippen molar-refractivity contribution in [3.63, 3.8) is 0 Å². The summed E-state index contributed by atoms with van der Waals surface area (Å²) >= 11 is 3.50. The van der Waals surface area contributed by atoms with Gasteiger partial charge in [0.15, 0.2) is 0 Å². The maximum absolute atomic E-state index is 9.51. The van der Waals surface area contributed by atoms with E-state index in [1.807, 2.05) is 6.07 Å². The van der Waals surface area contributed by atoms with Gasteiger partial charge in [-0.3, -0.25) is 4.90 Å². The summed E-state index contributed by atoms with van der Waals surface area (Å²) in [4.78, 5) is 2.23. The fourth-order valence-electron chi connectivity index (χ4n) is 1.63. The van der Waals surface area contributed by atoms with E-state index < -0.39 is 0 Å². The van der Waals surface area contributed by atoms with Crippen LogP contribution in [-0.2, 0) is 16.0 Å². The van der Waals surface area contributed by atoms with E-state index in [9.17, 15) is 5.11 Å². The van der Waals surface area contributed by atoms with Crippen LogP contribution in [0.1, 0.15) is 5.56 Å². The minimum Gasteiger partial charge on any atom is -0.508 e. The standard InChI is InChI=1S/C13H20BrNO3/c1-17-7-5-15(6-8-18-2)10-11-9-12(16)3-4-13(11)14/h3-4,9,16H,5-8,10H2,1-2H3. The average molecular weight is 318 g/mol. The largest absolute Gasteiger partial charge is 0.508 e. The first kappa shape index (κ1) is 15.4. The van der Waals surface area contributed by atoms with Crippen LogP contribution in [0.25, 0.3) is 0 Å². The molecule has 0 aliphatic carbocycles. The molecule has 0 unspecified atom stereocenters. The van der Waals surface area contributed by atoms with Crippen molar-refractivity contribution in [3.8, 4) is 5.75 Å². The number of halogens is 1. The second-order valence-corrected chi connectivity index (χ2v) is 4.89. The molecule has 1 N–H and O–H groups in total. The van der Waals surface area contributed by atoms with Gasteiger partial charge in [0.05, 0.1) is 13.2 Å². The molecule has 0 aliphatic heterocycles. The van der Waals surface area contributed by atoms with E-state index in [2.05, 4.69) is 20.8 Å². The van der Waals surface area contributed by atoms with E-state index in [4.69, 9.17) is 9.47 Å². The van der Waals surface area contributed by atoms with Crippen molar-refractivity contribution in [3.05, 3.63) is 28.2 Å². The highest BCUT2D eigenvalue weighted by Crippen LogP contribution is 2.23. The summed E-state index contributed by atoms with van der Waals surface area (Å²) in [7, 11) is 3.39. The number of phenolic OH excluding ortho intramolecular Hbond substituents is 1. The zero-order valence-electron chi connectivity index (χ0n) is 10.9. The van der Waals surface area contributed by atoms with Gasteiger partial charge in [-0.25, -0.2) is 0 Å². The number of nitrogens with zero attached hydrogens (tertiary/aromatic N) is 1. The molecule has 0 bridgehead atoms. The molecule has 18 heavy (non-hydrogen) atoms. The van der Waals surface area contributed by atoms with Crippen LogP contribution < -0.4 is 0 Å². The molecule has 4 nitrogen and oxygen atoms in total. The summed E-state index contributed by atoms with van der Waals surface area (Å²) in [5, 5.41) is 9.51. The van der Waals surface area contributed by atoms with Gasteiger partial charge < -0.3 is 14.6 Å². The lowest BCUT2D eigenvalue weighted by Crippen LogP contribution is -2.30. The first-order valence-electron chi connectivity index (χ1n) is 5.85. The van der Waals surface area contributed by atoms with Crippen LogP contribution >= 0.6 is 15.9 Å². The third kappa shape index (κ3) is 5.35. The van der Waals surface area contributed by atoms with Crippen LogP contribution in [0, 0.1) is 0 Å². The fraction of sp³-hybridized carbons (Fsp3) is 0.538. The molecule has 1 aromatic rings. The van der Waals surface area contributed by atoms with Crippen molar-refractivity contribution in [1.82, 2.24) is 4.90 Å². The maximum Gasteiger partial charge on any atom is 0.115 e. The van der Waals surface area contributed by atoms with Crippen LogP contribution in [-0.4, -0.2) is 50.5 Å². The van der Waals surface area contributed by atoms with Crippen molar-refractivity contribution in [2.24, 2.45) is 0 Å². The van der Waals surface area contributed by atoms with E-state index in [0.717, 1.165) is 29.7 Å². The molecule has 0 atom stereocenters. The lowest BCUT2D eigenvalue weighted by molar-refractivity contribution is 0.110. The highest BCUT2D eigenvalue weighted by atomic mass is 79.9. The Kier molecular flexibility index (Phi) is 7.27. The summed E-state index contributed by atoms with van der Waals surface area (Å²) < 4.78 is 11.2. The van der Waals surface area contributed by atoms with Crippen molar-refractivity contribution < 1.29 is 14.6 Å². The van der Waals surface area contributed by atoms with Crippen LogP contribution in [0.5, 0.6) is 5.75 Å². The molecule has 0 aliphatic rings. The molecule has 0 spiro atoms. The molecule has 0 heterocycles. The molecule has 102 valence electrons. The first-order chi connectivity index (χ1) is 8.67. The van der Waals surface area contributed by atoms with E-state index in [-0.39, 0.29) is 5.75 Å². The molecule has 0 aromatic heterocycles. The van der Waals surface area contributed by atoms with Gasteiger partial charge >= 0.3 is 0 Å². The number of ether oxygens (including phenoxy) is 2. The first-order valence-corrected chi connectivity index (χ1v) is 6.64. The normalized spacial score (nSPS) is 11.1. The molecule has 0 radical (unpaired) electrons. The number of benzene rings is 1. The number of methoxy groups -OCH3 is 2. The van der Waals surface area contributed by atoms with Crippen LogP contribution in [0.4, 0.5) is 0 Å². The number of rotatable bonds is 8. The smallest absolute Gasteiger partial charge is 0.115 e. The molecule has 5 heteroatoms. The molecule has 1 aromatic carbocycles. The Morgan fingerprint density at radius 3 is 2.33 bits per heavy atom. The van der Waals surface area contributed by atoms with Crippen LogP contribution in [0.2, 0.25) is 0 Å². The van der Waals surface area contributed by atoms with E-state index in [1.165, 1.54) is 0 Å². The van der Waals surface area contributed by atoms with Gasteiger partial charge in [-0.2, -0.15) is 0 Å². The van der Waals surface area contributed by atoms with E-state index >= 15 is 0 Å². The van der Waals surface area contributed by atoms with Gasteiger partial charge in [0.25, 0.3) is 0 Å². The minimum absolute atomic E-state index is 0.284. The molecular formula is C13H20BrNO3. The van der Waals surface area contributed by atoms with Gasteiger partial charge in [0.1, 0.15) is 5.75 Å². The molecule has 0 saturated heterocycles. The number of hydrogen-bond donors (Lipinski definition) is 1. The van der Waals surface area contributed by atoms with Gasteiger partial charge in [0.2, 0.25) is 0 Å². The van der Waals surface area contributed by atoms with Gasteiger partial charge in [-0.05, 0) is 23.8 Å². The Balaban J connectivity index is 2.65. The number of aromatic hydroxyl groups is 1. The zero-order valence-corrected chi connectivity index (χ0v) is 12.4. The van der Waals surface area contributed by atoms with E-state index in [0.29, 0.717) is 13.2 Å². The molecule has 0 saturated carbocycles. The predicted molar refractivity (Wildman–Crippen MR) is 74.8 cm³/mol. The minimum atomic E-state index is 0.284. The zero-order chi connectivity index (χ0) is 13.4. The van der Waals surface area contributed by atoms with E-state index in [1.54, 1.807) is 26.4 Å². The van der Waals surface area contributed by atoms with Crippen LogP contribution in [0.3, 0.4) is 0 Å². The van der Waals surface area contributed by atoms with Gasteiger partial charge in [-0.15, -0.1) is 0 Å². The lowest BCUT2D eigenvalue weighted by atomic mass is 10.2. The second-order valence-electron chi connectivity index (χ2n) is 4.04. The summed E-state index contributed by atoms with van der Waals surface area (Å²) in [5.74, 6) is 0.284. The highest BCUT2D eigenvalue weighted by Gasteiger charge is 2.09. The average Bonchev–Trinajstić information content (AvgIpc) is 2.37. The maximum atomic E-state index is 9.51. The third-order valence-corrected chi connectivity index (χ3v) is 3.42. The Bertz CT molecular complexity index is 352. The SMILES string of the molecule is COCCN(CCOC)Cc1cc(O)ccc1Br. The van der Waals surface area contributed by atoms with Crippen molar-refractivity contribution in [2.45, 2.75) is 6.54 Å². The monoisotopic (exact) mass is 317 g/mol. The number of phenols is 1. The lowest BCUT2D eigenvalue weighted by Gasteiger charge is -2.22. The van der Waals surface area contributed by atoms with Crippen molar-refractivity contribution >= 4 is 15.9 Å². The molecular weight excluding hydrogens is 298 g/mol. The topological polar surface area (TPSA) is 41.9 Å². The highest BCUT2D eigenvalue weighted by molar-refractivity contribution is 9.10. The van der Waals surface area contributed by atoms with Crippen LogP contribution in [0.15, 0.2) is 22.7 Å². The Morgan fingerprint density at radius 2 is 1.78 bits per heavy atom. The second kappa shape index (κ2) is 8.48. The Hall–Kier alpha value is -0.620. The van der Waals surface area contributed by atoms with Gasteiger partial charge in [-0.1, -0.05) is 15.9 Å². The predicted octanol–water partition coefficient (Wildman–Crippen LogP) is 2.25. The summed E-state index contributed by atoms with van der Waals surface area (Å²) in [6, 6.07) is 5.30. The quantitative estimate of drug-likeness (QED) is 0.798. The Labute approximate surface area is 117 Å².